The largest absolute Gasteiger partial charge is 0.871 e. The van der Waals surface area contributed by atoms with Gasteiger partial charge in [-0.05, 0) is 135 Å². The number of benzene rings is 2. The van der Waals surface area contributed by atoms with Gasteiger partial charge in [-0.3, -0.25) is 14.6 Å². The molecule has 2 aromatic carbocycles. The molecule has 0 radical (unpaired) electrons. The maximum Gasteiger partial charge on any atom is 0.306 e. The molecule has 274 valence electrons. The van der Waals surface area contributed by atoms with Gasteiger partial charge in [-0.1, -0.05) is 26.0 Å². The number of anilines is 1. The maximum atomic E-state index is 13.9. The molecule has 0 amide bonds. The van der Waals surface area contributed by atoms with E-state index in [9.17, 15) is 20.0 Å². The van der Waals surface area contributed by atoms with Crippen LogP contribution in [0.1, 0.15) is 91.7 Å². The summed E-state index contributed by atoms with van der Waals surface area (Å²) < 4.78 is 14.3. The summed E-state index contributed by atoms with van der Waals surface area (Å²) in [5.74, 6) is -0.162. The summed E-state index contributed by atoms with van der Waals surface area (Å²) in [5.41, 5.74) is 5.19. The van der Waals surface area contributed by atoms with E-state index in [0.717, 1.165) is 72.4 Å². The topological polar surface area (TPSA) is 114 Å². The molecule has 12 heteroatoms. The van der Waals surface area contributed by atoms with Crippen LogP contribution in [0.4, 0.5) is 11.4 Å². The molecule has 2 heterocycles. The number of halogens is 2. The first kappa shape index (κ1) is 40.0. The maximum absolute atomic E-state index is 13.9. The molecule has 0 atom stereocenters. The number of hydrogen-bond acceptors (Lipinski definition) is 9. The van der Waals surface area contributed by atoms with Crippen molar-refractivity contribution >= 4 is 86.1 Å². The van der Waals surface area contributed by atoms with E-state index < -0.39 is 16.4 Å². The Morgan fingerprint density at radius 3 is 2.31 bits per heavy atom. The predicted molar refractivity (Wildman–Crippen MR) is 213 cm³/mol. The van der Waals surface area contributed by atoms with Crippen molar-refractivity contribution in [3.63, 3.8) is 0 Å². The van der Waals surface area contributed by atoms with Crippen LogP contribution in [-0.4, -0.2) is 46.5 Å². The fraction of sp³-hybridized carbons (Fsp3) is 0.462. The summed E-state index contributed by atoms with van der Waals surface area (Å²) in [5, 5.41) is 27.6. The van der Waals surface area contributed by atoms with Crippen LogP contribution in [0.5, 0.6) is 0 Å². The monoisotopic (exact) mass is 939 g/mol. The average Bonchev–Trinajstić information content (AvgIpc) is 3.38. The number of ketones is 1. The molecule has 2 aliphatic heterocycles. The van der Waals surface area contributed by atoms with Crippen molar-refractivity contribution in [3.05, 3.63) is 89.4 Å². The van der Waals surface area contributed by atoms with Crippen molar-refractivity contribution in [2.45, 2.75) is 97.0 Å². The predicted octanol–water partition coefficient (Wildman–Crippen LogP) is 7.24. The van der Waals surface area contributed by atoms with Crippen LogP contribution >= 0.6 is 57.2 Å². The van der Waals surface area contributed by atoms with Gasteiger partial charge in [0.1, 0.15) is 12.1 Å². The summed E-state index contributed by atoms with van der Waals surface area (Å²) in [7, 11) is 0. The lowest BCUT2D eigenvalue weighted by Gasteiger charge is -2.33. The first-order chi connectivity index (χ1) is 24.0. The van der Waals surface area contributed by atoms with E-state index in [4.69, 9.17) is 4.74 Å². The van der Waals surface area contributed by atoms with Crippen LogP contribution in [0.25, 0.3) is 0 Å². The van der Waals surface area contributed by atoms with Gasteiger partial charge in [0.15, 0.2) is 11.5 Å². The van der Waals surface area contributed by atoms with Crippen molar-refractivity contribution in [1.29, 1.82) is 0 Å². The quantitative estimate of drug-likeness (QED) is 0.0283. The van der Waals surface area contributed by atoms with Crippen LogP contribution in [0.3, 0.4) is 0 Å². The van der Waals surface area contributed by atoms with Crippen molar-refractivity contribution < 1.29 is 38.6 Å². The molecule has 0 saturated heterocycles. The van der Waals surface area contributed by atoms with E-state index >= 15 is 0 Å². The zero-order chi connectivity index (χ0) is 37.3. The first-order valence-electron chi connectivity index (χ1n) is 17.2. The molecule has 9 nitrogen and oxygen atoms in total. The molecular formula is C39H45I2N2O7S-. The van der Waals surface area contributed by atoms with E-state index in [1.165, 1.54) is 0 Å². The Morgan fingerprint density at radius 2 is 1.65 bits per heavy atom. The van der Waals surface area contributed by atoms with Crippen LogP contribution in [0.15, 0.2) is 71.2 Å². The second-order valence-electron chi connectivity index (χ2n) is 15.1. The molecular weight excluding hydrogens is 894 g/mol. The van der Waals surface area contributed by atoms with Crippen LogP contribution in [0.2, 0.25) is 0 Å². The Bertz CT molecular complexity index is 1840. The Hall–Kier alpha value is -2.24. The standard InChI is InChI=1S/C39H46I2N2O7S/c1-37(2,3)48-34(44)12-9-8-10-17-42-30-15-13-24(40)20-28(30)38(4,5)32(42)22-26-35(45)27(36(26)46)23-33-39(6,7)29-21-25(41)14-16-31(29)43(33)18-11-19-51-50-49-47/h13-16,20-23H,8-12,17-19H2,1-7H3,(H-,45,47)/p-1. The summed E-state index contributed by atoms with van der Waals surface area (Å²) in [6, 6.07) is 12.7. The van der Waals surface area contributed by atoms with Gasteiger partial charge in [0.25, 0.3) is 0 Å². The normalized spacial score (nSPS) is 19.3. The molecule has 3 aliphatic rings. The van der Waals surface area contributed by atoms with E-state index in [0.29, 0.717) is 31.7 Å². The summed E-state index contributed by atoms with van der Waals surface area (Å²) >= 11 is 5.57. The number of nitrogens with zero attached hydrogens (tertiary/aromatic N) is 2. The van der Waals surface area contributed by atoms with E-state index in [1.807, 2.05) is 26.8 Å². The third kappa shape index (κ3) is 8.61. The van der Waals surface area contributed by atoms with Crippen molar-refractivity contribution in [1.82, 2.24) is 0 Å². The van der Waals surface area contributed by atoms with Crippen molar-refractivity contribution in [2.75, 3.05) is 23.7 Å². The third-order valence-electron chi connectivity index (χ3n) is 9.62. The smallest absolute Gasteiger partial charge is 0.306 e. The number of ether oxygens (including phenoxy) is 1. The minimum atomic E-state index is -0.498. The zero-order valence-electron chi connectivity index (χ0n) is 30.2. The summed E-state index contributed by atoms with van der Waals surface area (Å²) in [6.07, 6.45) is 7.05. The number of allylic oxidation sites excluding steroid dienone is 5. The first-order valence-corrected chi connectivity index (χ1v) is 20.3. The van der Waals surface area contributed by atoms with E-state index in [2.05, 4.69) is 128 Å². The van der Waals surface area contributed by atoms with E-state index in [1.54, 1.807) is 6.08 Å². The van der Waals surface area contributed by atoms with Crippen LogP contribution in [0, 0.1) is 7.14 Å². The third-order valence-corrected chi connectivity index (χ3v) is 11.6. The highest BCUT2D eigenvalue weighted by atomic mass is 127. The number of hydrogen-bond donors (Lipinski definition) is 0. The molecule has 5 rings (SSSR count). The highest BCUT2D eigenvalue weighted by Gasteiger charge is 2.46. The average molecular weight is 940 g/mol. The van der Waals surface area contributed by atoms with Crippen molar-refractivity contribution in [3.8, 4) is 0 Å². The number of Topliss-reactive ketones (excluding diaryl/α,β-unsaturated/α-hetero) is 1. The van der Waals surface area contributed by atoms with Gasteiger partial charge in [0.2, 0.25) is 5.69 Å². The van der Waals surface area contributed by atoms with Crippen LogP contribution < -0.4 is 15.3 Å². The highest BCUT2D eigenvalue weighted by molar-refractivity contribution is 14.1. The zero-order valence-corrected chi connectivity index (χ0v) is 35.3. The van der Waals surface area contributed by atoms with Gasteiger partial charge in [-0.15, -0.1) is 0 Å². The minimum absolute atomic E-state index is 0.187. The number of esters is 1. The lowest BCUT2D eigenvalue weighted by atomic mass is 9.77. The van der Waals surface area contributed by atoms with Gasteiger partial charge in [0, 0.05) is 90.0 Å². The lowest BCUT2D eigenvalue weighted by molar-refractivity contribution is -0.777. The minimum Gasteiger partial charge on any atom is -0.871 e. The number of carbonyl (C=O) groups excluding carboxylic acids is 2. The Balaban J connectivity index is 1.43. The summed E-state index contributed by atoms with van der Waals surface area (Å²) in [4.78, 5) is 28.4. The van der Waals surface area contributed by atoms with Crippen LogP contribution in [-0.2, 0) is 34.5 Å². The molecule has 0 aromatic heterocycles. The molecule has 0 saturated carbocycles. The van der Waals surface area contributed by atoms with Gasteiger partial charge >= 0.3 is 5.97 Å². The van der Waals surface area contributed by atoms with E-state index in [-0.39, 0.29) is 28.7 Å². The molecule has 0 unspecified atom stereocenters. The SMILES string of the molecule is CC(C)(C)OC(=O)CCCCCN1/C(=C/C2=C([O-])C(=C\C3=[N+](CCCSOO[O-])c4ccc(I)cc4C3(C)C)/C2=O)C(C)(C)c2cc(I)ccc21. The number of rotatable bonds is 14. The second kappa shape index (κ2) is 16.0. The molecule has 0 fully saturated rings. The van der Waals surface area contributed by atoms with Gasteiger partial charge in [-0.25, -0.2) is 0 Å². The fourth-order valence-corrected chi connectivity index (χ4v) is 8.45. The molecule has 2 aromatic rings. The van der Waals surface area contributed by atoms with Gasteiger partial charge < -0.3 is 20.0 Å². The fourth-order valence-electron chi connectivity index (χ4n) is 7.11. The molecule has 51 heavy (non-hydrogen) atoms. The lowest BCUT2D eigenvalue weighted by Crippen LogP contribution is -2.35. The second-order valence-corrected chi connectivity index (χ2v) is 18.4. The van der Waals surface area contributed by atoms with Gasteiger partial charge in [0.05, 0.1) is 5.41 Å². The Kier molecular flexibility index (Phi) is 12.5. The highest BCUT2D eigenvalue weighted by Crippen LogP contribution is 2.50. The van der Waals surface area contributed by atoms with Gasteiger partial charge in [-0.2, -0.15) is 8.91 Å². The molecule has 0 bridgehead atoms. The Labute approximate surface area is 332 Å². The number of carbonyl (C=O) groups is 2. The number of unbranched alkanes of at least 4 members (excludes halogenated alkanes) is 2. The van der Waals surface area contributed by atoms with Crippen molar-refractivity contribution in [2.24, 2.45) is 0 Å². The Morgan fingerprint density at radius 1 is 0.961 bits per heavy atom. The molecule has 1 aliphatic carbocycles. The molecule has 0 N–H and O–H groups in total. The summed E-state index contributed by atoms with van der Waals surface area (Å²) in [6.45, 7) is 15.4. The molecule has 0 spiro atoms. The number of fused-ring (bicyclic) bond motifs is 2.